The Balaban J connectivity index is 0.00000441. The minimum atomic E-state index is -4.22. The molecule has 9 nitrogen and oxygen atoms in total. The van der Waals surface area contributed by atoms with Crippen molar-refractivity contribution in [3.63, 3.8) is 0 Å². The predicted molar refractivity (Wildman–Crippen MR) is 158 cm³/mol. The van der Waals surface area contributed by atoms with Crippen LogP contribution in [0.4, 0.5) is 5.69 Å². The fourth-order valence-electron chi connectivity index (χ4n) is 4.23. The molecule has 5 N–H and O–H groups in total. The molecule has 0 spiro atoms. The molecule has 0 bridgehead atoms. The summed E-state index contributed by atoms with van der Waals surface area (Å²) in [6, 6.07) is 15.0. The summed E-state index contributed by atoms with van der Waals surface area (Å²) in [7, 11) is -4.22. The van der Waals surface area contributed by atoms with E-state index in [1.807, 2.05) is 0 Å². The highest BCUT2D eigenvalue weighted by Gasteiger charge is 2.24. The Labute approximate surface area is 249 Å². The average Bonchev–Trinajstić information content (AvgIpc) is 2.90. The summed E-state index contributed by atoms with van der Waals surface area (Å²) in [5.41, 5.74) is 5.80. The van der Waals surface area contributed by atoms with Crippen LogP contribution in [0.5, 0.6) is 11.5 Å². The Kier molecular flexibility index (Phi) is 11.1. The second-order valence-electron chi connectivity index (χ2n) is 9.14. The van der Waals surface area contributed by atoms with Gasteiger partial charge >= 0.3 is 0 Å². The summed E-state index contributed by atoms with van der Waals surface area (Å²) in [4.78, 5) is 24.4. The number of primary amides is 1. The lowest BCUT2D eigenvalue weighted by Gasteiger charge is -2.22. The van der Waals surface area contributed by atoms with Crippen molar-refractivity contribution < 1.29 is 22.7 Å². The number of sulfonamides is 1. The van der Waals surface area contributed by atoms with Gasteiger partial charge in [0.2, 0.25) is 11.8 Å². The first kappa shape index (κ1) is 31.5. The zero-order valence-corrected chi connectivity index (χ0v) is 24.4. The molecule has 1 aliphatic rings. The highest BCUT2D eigenvalue weighted by Crippen LogP contribution is 2.36. The van der Waals surface area contributed by atoms with Crippen LogP contribution in [-0.2, 0) is 21.2 Å². The lowest BCUT2D eigenvalue weighted by Crippen LogP contribution is -2.36. The third kappa shape index (κ3) is 8.25. The first-order valence-corrected chi connectivity index (χ1v) is 14.5. The molecule has 0 aromatic heterocycles. The zero-order valence-electron chi connectivity index (χ0n) is 21.3. The Morgan fingerprint density at radius 2 is 1.73 bits per heavy atom. The number of anilines is 1. The third-order valence-electron chi connectivity index (χ3n) is 6.28. The maximum Gasteiger partial charge on any atom is 0.262 e. The van der Waals surface area contributed by atoms with Crippen molar-refractivity contribution >= 4 is 63.1 Å². The molecule has 0 saturated carbocycles. The third-order valence-corrected chi connectivity index (χ3v) is 8.27. The number of piperidine rings is 1. The van der Waals surface area contributed by atoms with Crippen molar-refractivity contribution in [1.82, 2.24) is 10.6 Å². The van der Waals surface area contributed by atoms with E-state index in [4.69, 9.17) is 33.7 Å². The Hall–Kier alpha value is -3.02. The van der Waals surface area contributed by atoms with E-state index in [0.717, 1.165) is 25.9 Å². The summed E-state index contributed by atoms with van der Waals surface area (Å²) in [6.07, 6.45) is 1.65. The summed E-state index contributed by atoms with van der Waals surface area (Å²) < 4.78 is 35.5. The number of carbonyl (C=O) groups is 2. The quantitative estimate of drug-likeness (QED) is 0.256. The largest absolute Gasteiger partial charge is 0.454 e. The van der Waals surface area contributed by atoms with E-state index in [1.165, 1.54) is 30.3 Å². The molecule has 1 saturated heterocycles. The first-order chi connectivity index (χ1) is 18.6. The number of hydrogen-bond donors (Lipinski definition) is 4. The number of carbonyl (C=O) groups excluding carboxylic acids is 2. The summed E-state index contributed by atoms with van der Waals surface area (Å²) in [5.74, 6) is -0.262. The van der Waals surface area contributed by atoms with Gasteiger partial charge in [0, 0.05) is 17.1 Å². The number of benzene rings is 3. The van der Waals surface area contributed by atoms with E-state index in [2.05, 4.69) is 15.4 Å². The summed E-state index contributed by atoms with van der Waals surface area (Å²) in [5, 5.41) is 6.83. The fraction of sp³-hybridized carbons (Fsp3) is 0.259. The molecular formula is C27H29Cl3N4O5S. The Morgan fingerprint density at radius 1 is 1.00 bits per heavy atom. The number of hydrogen-bond acceptors (Lipinski definition) is 6. The maximum atomic E-state index is 13.5. The van der Waals surface area contributed by atoms with E-state index in [0.29, 0.717) is 17.5 Å². The standard InChI is InChI=1S/C27H28Cl2N4O5S.ClH/c28-20-6-7-23(21(29)15-20)38-24-4-2-1-3-22(24)33-39(36,37)25-8-5-18(27(30)35)13-19(25)14-26(34)32-16-17-9-11-31-12-10-17;/h1-8,13,15,17,31,33H,9-12,14,16H2,(H2,30,35)(H,32,34);1H. The second-order valence-corrected chi connectivity index (χ2v) is 11.6. The highest BCUT2D eigenvalue weighted by molar-refractivity contribution is 7.92. The summed E-state index contributed by atoms with van der Waals surface area (Å²) in [6.45, 7) is 2.28. The van der Waals surface area contributed by atoms with Crippen molar-refractivity contribution in [3.05, 3.63) is 81.8 Å². The lowest BCUT2D eigenvalue weighted by atomic mass is 9.98. The van der Waals surface area contributed by atoms with E-state index in [9.17, 15) is 18.0 Å². The van der Waals surface area contributed by atoms with Crippen molar-refractivity contribution in [3.8, 4) is 11.5 Å². The normalized spacial score (nSPS) is 13.7. The minimum Gasteiger partial charge on any atom is -0.454 e. The number of halogens is 3. The van der Waals surface area contributed by atoms with Gasteiger partial charge < -0.3 is 21.1 Å². The molecule has 3 aromatic rings. The van der Waals surface area contributed by atoms with Gasteiger partial charge in [-0.2, -0.15) is 0 Å². The smallest absolute Gasteiger partial charge is 0.262 e. The molecule has 2 amide bonds. The van der Waals surface area contributed by atoms with Gasteiger partial charge in [-0.05, 0) is 85.9 Å². The average molecular weight is 628 g/mol. The number of ether oxygens (including phenoxy) is 1. The molecule has 3 aromatic carbocycles. The molecule has 0 radical (unpaired) electrons. The molecule has 214 valence electrons. The van der Waals surface area contributed by atoms with Crippen LogP contribution in [0.25, 0.3) is 0 Å². The van der Waals surface area contributed by atoms with Crippen LogP contribution in [0.3, 0.4) is 0 Å². The van der Waals surface area contributed by atoms with Gasteiger partial charge in [0.15, 0.2) is 5.75 Å². The molecule has 4 rings (SSSR count). The van der Waals surface area contributed by atoms with Crippen molar-refractivity contribution in [2.75, 3.05) is 24.4 Å². The van der Waals surface area contributed by atoms with Gasteiger partial charge in [0.1, 0.15) is 5.75 Å². The zero-order chi connectivity index (χ0) is 28.0. The van der Waals surface area contributed by atoms with Crippen LogP contribution >= 0.6 is 35.6 Å². The van der Waals surface area contributed by atoms with E-state index in [-0.39, 0.29) is 63.0 Å². The minimum absolute atomic E-state index is 0. The molecule has 1 aliphatic heterocycles. The monoisotopic (exact) mass is 626 g/mol. The molecule has 0 atom stereocenters. The number of nitrogens with one attached hydrogen (secondary N) is 3. The van der Waals surface area contributed by atoms with Gasteiger partial charge in [0.25, 0.3) is 10.0 Å². The molecule has 13 heteroatoms. The van der Waals surface area contributed by atoms with Crippen LogP contribution in [0.1, 0.15) is 28.8 Å². The number of para-hydroxylation sites is 2. The van der Waals surface area contributed by atoms with Crippen LogP contribution in [-0.4, -0.2) is 39.9 Å². The predicted octanol–water partition coefficient (Wildman–Crippen LogP) is 4.77. The Morgan fingerprint density at radius 3 is 2.42 bits per heavy atom. The van der Waals surface area contributed by atoms with Gasteiger partial charge in [-0.25, -0.2) is 8.42 Å². The van der Waals surface area contributed by atoms with Crippen molar-refractivity contribution in [2.24, 2.45) is 11.7 Å². The van der Waals surface area contributed by atoms with E-state index >= 15 is 0 Å². The highest BCUT2D eigenvalue weighted by atomic mass is 35.5. The van der Waals surface area contributed by atoms with Crippen molar-refractivity contribution in [2.45, 2.75) is 24.2 Å². The molecule has 40 heavy (non-hydrogen) atoms. The lowest BCUT2D eigenvalue weighted by molar-refractivity contribution is -0.120. The van der Waals surface area contributed by atoms with E-state index in [1.54, 1.807) is 30.3 Å². The van der Waals surface area contributed by atoms with Gasteiger partial charge in [0.05, 0.1) is 22.0 Å². The number of rotatable bonds is 10. The van der Waals surface area contributed by atoms with Crippen LogP contribution in [0.15, 0.2) is 65.6 Å². The maximum absolute atomic E-state index is 13.5. The van der Waals surface area contributed by atoms with E-state index < -0.39 is 15.9 Å². The molecule has 0 unspecified atom stereocenters. The van der Waals surface area contributed by atoms with Crippen LogP contribution in [0.2, 0.25) is 10.0 Å². The number of nitrogens with two attached hydrogens (primary N) is 1. The van der Waals surface area contributed by atoms with Crippen LogP contribution < -0.4 is 25.8 Å². The molecule has 1 fully saturated rings. The van der Waals surface area contributed by atoms with Gasteiger partial charge in [-0.1, -0.05) is 35.3 Å². The van der Waals surface area contributed by atoms with Crippen LogP contribution in [0, 0.1) is 5.92 Å². The van der Waals surface area contributed by atoms with Gasteiger partial charge in [-0.15, -0.1) is 12.4 Å². The number of amides is 2. The molecule has 1 heterocycles. The van der Waals surface area contributed by atoms with Gasteiger partial charge in [-0.3, -0.25) is 14.3 Å². The summed E-state index contributed by atoms with van der Waals surface area (Å²) >= 11 is 12.2. The fourth-order valence-corrected chi connectivity index (χ4v) is 5.97. The molecule has 0 aliphatic carbocycles. The SMILES string of the molecule is Cl.NC(=O)c1ccc(S(=O)(=O)Nc2ccccc2Oc2ccc(Cl)cc2Cl)c(CC(=O)NCC2CCNCC2)c1. The second kappa shape index (κ2) is 14.0. The Bertz CT molecular complexity index is 1480. The van der Waals surface area contributed by atoms with Crippen molar-refractivity contribution in [1.29, 1.82) is 0 Å². The first-order valence-electron chi connectivity index (χ1n) is 12.3. The topological polar surface area (TPSA) is 140 Å². The molecular weight excluding hydrogens is 599 g/mol.